The summed E-state index contributed by atoms with van der Waals surface area (Å²) in [4.78, 5) is 12.2. The van der Waals surface area contributed by atoms with Gasteiger partial charge in [-0.3, -0.25) is 4.79 Å². The van der Waals surface area contributed by atoms with E-state index in [2.05, 4.69) is 0 Å². The highest BCUT2D eigenvalue weighted by molar-refractivity contribution is 7.80. The molecule has 0 aliphatic carbocycles. The molecule has 0 aromatic heterocycles. The molecular formula is C13H17NO3S. The normalized spacial score (nSPS) is 9.94. The maximum absolute atomic E-state index is 10.5. The maximum atomic E-state index is 10.5. The average Bonchev–Trinajstić information content (AvgIpc) is 2.27. The van der Waals surface area contributed by atoms with E-state index in [4.69, 9.17) is 22.1 Å². The van der Waals surface area contributed by atoms with Gasteiger partial charge in [0.05, 0.1) is 0 Å². The minimum absolute atomic E-state index is 0.136. The van der Waals surface area contributed by atoms with Gasteiger partial charge in [-0.2, -0.15) is 0 Å². The van der Waals surface area contributed by atoms with Crippen LogP contribution < -0.4 is 4.74 Å². The van der Waals surface area contributed by atoms with Gasteiger partial charge in [0.15, 0.2) is 0 Å². The van der Waals surface area contributed by atoms with Crippen molar-refractivity contribution in [3.05, 3.63) is 29.3 Å². The molecule has 1 rings (SSSR count). The first-order valence-corrected chi connectivity index (χ1v) is 6.01. The molecule has 0 aliphatic rings. The molecule has 0 radical (unpaired) electrons. The molecule has 18 heavy (non-hydrogen) atoms. The first-order chi connectivity index (χ1) is 8.40. The Bertz CT molecular complexity index is 458. The average molecular weight is 267 g/mol. The number of carbonyl (C=O) groups is 1. The van der Waals surface area contributed by atoms with Crippen molar-refractivity contribution in [2.75, 3.05) is 14.1 Å². The van der Waals surface area contributed by atoms with Crippen molar-refractivity contribution in [1.82, 2.24) is 4.90 Å². The second-order valence-corrected chi connectivity index (χ2v) is 4.59. The maximum Gasteiger partial charge on any atom is 0.303 e. The van der Waals surface area contributed by atoms with E-state index in [9.17, 15) is 4.79 Å². The molecule has 1 aromatic rings. The lowest BCUT2D eigenvalue weighted by atomic mass is 10.0. The summed E-state index contributed by atoms with van der Waals surface area (Å²) >= 11 is 5.05. The second-order valence-electron chi connectivity index (χ2n) is 4.24. The van der Waals surface area contributed by atoms with Crippen LogP contribution in [-0.2, 0) is 11.2 Å². The predicted octanol–water partition coefficient (Wildman–Crippen LogP) is 2.24. The first kappa shape index (κ1) is 14.4. The first-order valence-electron chi connectivity index (χ1n) is 5.60. The molecule has 98 valence electrons. The van der Waals surface area contributed by atoms with E-state index in [-0.39, 0.29) is 6.42 Å². The third-order valence-electron chi connectivity index (χ3n) is 2.49. The van der Waals surface area contributed by atoms with E-state index in [0.717, 1.165) is 11.1 Å². The predicted molar refractivity (Wildman–Crippen MR) is 74.0 cm³/mol. The van der Waals surface area contributed by atoms with Crippen LogP contribution in [0.5, 0.6) is 5.75 Å². The van der Waals surface area contributed by atoms with Crippen molar-refractivity contribution in [3.63, 3.8) is 0 Å². The molecule has 0 saturated heterocycles. The number of carboxylic acid groups (broad SMARTS) is 1. The van der Waals surface area contributed by atoms with Gasteiger partial charge in [0.1, 0.15) is 5.75 Å². The van der Waals surface area contributed by atoms with Gasteiger partial charge in [0.2, 0.25) is 0 Å². The Morgan fingerprint density at radius 3 is 2.61 bits per heavy atom. The number of hydrogen-bond acceptors (Lipinski definition) is 3. The number of aliphatic carboxylic acids is 1. The minimum Gasteiger partial charge on any atom is -0.481 e. The number of benzene rings is 1. The second kappa shape index (κ2) is 6.35. The summed E-state index contributed by atoms with van der Waals surface area (Å²) in [5.74, 6) is -0.117. The van der Waals surface area contributed by atoms with E-state index in [1.54, 1.807) is 11.0 Å². The van der Waals surface area contributed by atoms with Crippen LogP contribution in [0, 0.1) is 6.92 Å². The zero-order valence-electron chi connectivity index (χ0n) is 10.8. The van der Waals surface area contributed by atoms with Crippen molar-refractivity contribution >= 4 is 23.4 Å². The summed E-state index contributed by atoms with van der Waals surface area (Å²) in [5, 5.41) is 9.05. The molecule has 0 bridgehead atoms. The molecule has 0 spiro atoms. The topological polar surface area (TPSA) is 49.8 Å². The SMILES string of the molecule is Cc1cc(OC(=S)N(C)C)ccc1CCC(=O)O. The van der Waals surface area contributed by atoms with Gasteiger partial charge in [-0.05, 0) is 48.8 Å². The minimum atomic E-state index is -0.788. The number of ether oxygens (including phenoxy) is 1. The summed E-state index contributed by atoms with van der Waals surface area (Å²) in [5.41, 5.74) is 2.02. The van der Waals surface area contributed by atoms with Crippen LogP contribution in [0.15, 0.2) is 18.2 Å². The van der Waals surface area contributed by atoms with Crippen LogP contribution in [0.4, 0.5) is 0 Å². The van der Waals surface area contributed by atoms with Gasteiger partial charge in [0.25, 0.3) is 5.17 Å². The third-order valence-corrected chi connectivity index (χ3v) is 2.94. The summed E-state index contributed by atoms with van der Waals surface area (Å²) in [6, 6.07) is 5.55. The molecular weight excluding hydrogens is 250 g/mol. The molecule has 0 atom stereocenters. The number of nitrogens with zero attached hydrogens (tertiary/aromatic N) is 1. The highest BCUT2D eigenvalue weighted by Crippen LogP contribution is 2.19. The van der Waals surface area contributed by atoms with Crippen LogP contribution in [0.1, 0.15) is 17.5 Å². The molecule has 4 nitrogen and oxygen atoms in total. The summed E-state index contributed by atoms with van der Waals surface area (Å²) in [6.45, 7) is 1.93. The summed E-state index contributed by atoms with van der Waals surface area (Å²) in [7, 11) is 3.63. The van der Waals surface area contributed by atoms with Gasteiger partial charge < -0.3 is 14.7 Å². The molecule has 0 fully saturated rings. The number of rotatable bonds is 4. The van der Waals surface area contributed by atoms with Crippen molar-refractivity contribution in [2.24, 2.45) is 0 Å². The standard InChI is InChI=1S/C13H17NO3S/c1-9-8-11(17-13(18)14(2)3)6-4-10(9)5-7-12(15)16/h4,6,8H,5,7H2,1-3H3,(H,15,16). The summed E-state index contributed by atoms with van der Waals surface area (Å²) in [6.07, 6.45) is 0.663. The number of hydrogen-bond donors (Lipinski definition) is 1. The zero-order chi connectivity index (χ0) is 13.7. The molecule has 0 amide bonds. The number of carboxylic acids is 1. The van der Waals surface area contributed by atoms with Gasteiger partial charge in [-0.15, -0.1) is 0 Å². The highest BCUT2D eigenvalue weighted by atomic mass is 32.1. The van der Waals surface area contributed by atoms with E-state index >= 15 is 0 Å². The molecule has 0 heterocycles. The largest absolute Gasteiger partial charge is 0.481 e. The van der Waals surface area contributed by atoms with Gasteiger partial charge in [0, 0.05) is 20.5 Å². The molecule has 0 saturated carbocycles. The van der Waals surface area contributed by atoms with Gasteiger partial charge in [-0.25, -0.2) is 0 Å². The lowest BCUT2D eigenvalue weighted by molar-refractivity contribution is -0.136. The van der Waals surface area contributed by atoms with Crippen LogP contribution in [0.3, 0.4) is 0 Å². The molecule has 1 aromatic carbocycles. The summed E-state index contributed by atoms with van der Waals surface area (Å²) < 4.78 is 5.48. The lowest BCUT2D eigenvalue weighted by Gasteiger charge is -2.15. The van der Waals surface area contributed by atoms with E-state index in [1.807, 2.05) is 33.2 Å². The quantitative estimate of drug-likeness (QED) is 0.848. The smallest absolute Gasteiger partial charge is 0.303 e. The molecule has 1 N–H and O–H groups in total. The highest BCUT2D eigenvalue weighted by Gasteiger charge is 2.06. The van der Waals surface area contributed by atoms with Crippen LogP contribution in [0.2, 0.25) is 0 Å². The van der Waals surface area contributed by atoms with Crippen molar-refractivity contribution in [3.8, 4) is 5.75 Å². The fourth-order valence-corrected chi connectivity index (χ4v) is 1.54. The molecule has 5 heteroatoms. The number of thiocarbonyl (C=S) groups is 1. The third kappa shape index (κ3) is 4.33. The Morgan fingerprint density at radius 1 is 1.44 bits per heavy atom. The lowest BCUT2D eigenvalue weighted by Crippen LogP contribution is -2.25. The molecule has 0 aliphatic heterocycles. The van der Waals surface area contributed by atoms with Crippen LogP contribution >= 0.6 is 12.2 Å². The van der Waals surface area contributed by atoms with Crippen molar-refractivity contribution in [2.45, 2.75) is 19.8 Å². The fourth-order valence-electron chi connectivity index (χ4n) is 1.45. The zero-order valence-corrected chi connectivity index (χ0v) is 11.6. The van der Waals surface area contributed by atoms with Gasteiger partial charge >= 0.3 is 5.97 Å². The Balaban J connectivity index is 2.73. The Labute approximate surface area is 112 Å². The van der Waals surface area contributed by atoms with Crippen molar-refractivity contribution in [1.29, 1.82) is 0 Å². The Hall–Kier alpha value is -1.62. The Kier molecular flexibility index (Phi) is 5.09. The van der Waals surface area contributed by atoms with E-state index in [0.29, 0.717) is 17.3 Å². The van der Waals surface area contributed by atoms with Crippen LogP contribution in [-0.4, -0.2) is 35.2 Å². The monoisotopic (exact) mass is 267 g/mol. The van der Waals surface area contributed by atoms with E-state index < -0.39 is 5.97 Å². The fraction of sp³-hybridized carbons (Fsp3) is 0.385. The van der Waals surface area contributed by atoms with Gasteiger partial charge in [-0.1, -0.05) is 6.07 Å². The van der Waals surface area contributed by atoms with Crippen LogP contribution in [0.25, 0.3) is 0 Å². The van der Waals surface area contributed by atoms with E-state index in [1.165, 1.54) is 0 Å². The number of aryl methyl sites for hydroxylation is 2. The Morgan fingerprint density at radius 2 is 2.11 bits per heavy atom. The molecule has 0 unspecified atom stereocenters. The van der Waals surface area contributed by atoms with Crippen molar-refractivity contribution < 1.29 is 14.6 Å².